The van der Waals surface area contributed by atoms with Crippen LogP contribution in [0.25, 0.3) is 0 Å². The van der Waals surface area contributed by atoms with Crippen LogP contribution in [0.2, 0.25) is 0 Å². The van der Waals surface area contributed by atoms with Crippen LogP contribution in [0.4, 0.5) is 0 Å². The molecular formula is C12H12K2O7S2. The molecule has 0 atom stereocenters. The molecule has 2 rings (SSSR count). The van der Waals surface area contributed by atoms with Crippen LogP contribution < -0.4 is 103 Å². The first-order valence-electron chi connectivity index (χ1n) is 5.23. The van der Waals surface area contributed by atoms with Gasteiger partial charge in [-0.05, 0) is 24.3 Å². The molecule has 0 spiro atoms. The van der Waals surface area contributed by atoms with E-state index in [0.29, 0.717) is 0 Å². The Labute approximate surface area is 220 Å². The molecule has 0 bridgehead atoms. The molecule has 0 aromatic heterocycles. The van der Waals surface area contributed by atoms with Crippen molar-refractivity contribution in [2.75, 3.05) is 0 Å². The van der Waals surface area contributed by atoms with Gasteiger partial charge < -0.3 is 14.6 Å². The summed E-state index contributed by atoms with van der Waals surface area (Å²) in [4.78, 5) is -0.370. The Morgan fingerprint density at radius 3 is 0.913 bits per heavy atom. The largest absolute Gasteiger partial charge is 1.00 e. The van der Waals surface area contributed by atoms with Crippen molar-refractivity contribution in [3.8, 4) is 0 Å². The zero-order valence-corrected chi connectivity index (χ0v) is 20.4. The van der Waals surface area contributed by atoms with Crippen LogP contribution in [0.5, 0.6) is 0 Å². The Morgan fingerprint density at radius 1 is 0.565 bits per heavy atom. The molecule has 2 N–H and O–H groups in total. The standard InChI is InChI=1S/2C6H6O3S.2K.H2O/c2*7-10(8,9)6-4-2-1-3-5-6;;;/h2*1-5H,(H,7,8,9);;;1H2/q;;2*+1;/p-2. The Balaban J connectivity index is -0.000000308. The summed E-state index contributed by atoms with van der Waals surface area (Å²) >= 11 is 0. The molecule has 7 nitrogen and oxygen atoms in total. The van der Waals surface area contributed by atoms with Crippen molar-refractivity contribution in [2.24, 2.45) is 0 Å². The number of hydrogen-bond acceptors (Lipinski definition) is 6. The second-order valence-corrected chi connectivity index (χ2v) is 6.29. The maximum absolute atomic E-state index is 10.3. The maximum Gasteiger partial charge on any atom is 1.00 e. The summed E-state index contributed by atoms with van der Waals surface area (Å²) in [5.74, 6) is 0. The summed E-state index contributed by atoms with van der Waals surface area (Å²) in [7, 11) is -8.51. The average molecular weight is 411 g/mol. The predicted molar refractivity (Wildman–Crippen MR) is 72.4 cm³/mol. The Bertz CT molecular complexity index is 681. The quantitative estimate of drug-likeness (QED) is 0.356. The van der Waals surface area contributed by atoms with Crippen LogP contribution in [-0.4, -0.2) is 31.4 Å². The van der Waals surface area contributed by atoms with Gasteiger partial charge in [-0.2, -0.15) is 0 Å². The van der Waals surface area contributed by atoms with E-state index in [0.717, 1.165) is 0 Å². The van der Waals surface area contributed by atoms with Gasteiger partial charge in [0.05, 0.1) is 9.79 Å². The molecule has 23 heavy (non-hydrogen) atoms. The van der Waals surface area contributed by atoms with E-state index in [9.17, 15) is 25.9 Å². The molecule has 0 amide bonds. The summed E-state index contributed by atoms with van der Waals surface area (Å²) < 4.78 is 61.7. The van der Waals surface area contributed by atoms with Crippen molar-refractivity contribution >= 4 is 20.2 Å². The van der Waals surface area contributed by atoms with Crippen molar-refractivity contribution in [2.45, 2.75) is 9.79 Å². The molecule has 0 aliphatic heterocycles. The van der Waals surface area contributed by atoms with Crippen molar-refractivity contribution < 1.29 is 134 Å². The van der Waals surface area contributed by atoms with Crippen LogP contribution in [-0.2, 0) is 20.2 Å². The molecule has 0 aliphatic carbocycles. The Kier molecular flexibility index (Phi) is 17.4. The van der Waals surface area contributed by atoms with Gasteiger partial charge >= 0.3 is 103 Å². The summed E-state index contributed by atoms with van der Waals surface area (Å²) in [6.45, 7) is 0. The molecule has 0 aliphatic rings. The van der Waals surface area contributed by atoms with E-state index in [1.807, 2.05) is 0 Å². The van der Waals surface area contributed by atoms with Gasteiger partial charge in [-0.1, -0.05) is 36.4 Å². The third-order valence-electron chi connectivity index (χ3n) is 2.06. The Hall–Kier alpha value is 1.49. The van der Waals surface area contributed by atoms with Crippen molar-refractivity contribution in [3.05, 3.63) is 60.7 Å². The summed E-state index contributed by atoms with van der Waals surface area (Å²) in [6, 6.07) is 14.4. The van der Waals surface area contributed by atoms with Gasteiger partial charge in [0.1, 0.15) is 20.2 Å². The van der Waals surface area contributed by atoms with E-state index in [4.69, 9.17) is 0 Å². The summed E-state index contributed by atoms with van der Waals surface area (Å²) in [5, 5.41) is 0. The van der Waals surface area contributed by atoms with Crippen LogP contribution in [0.3, 0.4) is 0 Å². The summed E-state index contributed by atoms with van der Waals surface area (Å²) in [5.41, 5.74) is 0. The monoisotopic (exact) mass is 410 g/mol. The molecule has 11 heteroatoms. The van der Waals surface area contributed by atoms with E-state index < -0.39 is 20.2 Å². The van der Waals surface area contributed by atoms with E-state index >= 15 is 0 Å². The van der Waals surface area contributed by atoms with Gasteiger partial charge in [-0.15, -0.1) is 0 Å². The van der Waals surface area contributed by atoms with Crippen LogP contribution in [0.15, 0.2) is 70.5 Å². The minimum Gasteiger partial charge on any atom is -0.744 e. The molecule has 0 fully saturated rings. The molecule has 2 aromatic carbocycles. The zero-order chi connectivity index (χ0) is 15.2. The predicted octanol–water partition coefficient (Wildman–Crippen LogP) is -5.64. The van der Waals surface area contributed by atoms with Crippen molar-refractivity contribution in [1.29, 1.82) is 0 Å². The molecule has 0 saturated carbocycles. The fourth-order valence-corrected chi connectivity index (χ4v) is 2.16. The third kappa shape index (κ3) is 12.5. The van der Waals surface area contributed by atoms with E-state index in [1.165, 1.54) is 48.5 Å². The molecule has 2 aromatic rings. The second-order valence-electron chi connectivity index (χ2n) is 3.53. The fraction of sp³-hybridized carbons (Fsp3) is 0. The first-order chi connectivity index (χ1) is 9.21. The first kappa shape index (κ1) is 29.3. The van der Waals surface area contributed by atoms with E-state index in [2.05, 4.69) is 0 Å². The van der Waals surface area contributed by atoms with Gasteiger partial charge in [0.25, 0.3) is 0 Å². The maximum atomic E-state index is 10.3. The molecule has 0 unspecified atom stereocenters. The number of benzene rings is 2. The van der Waals surface area contributed by atoms with Crippen LogP contribution >= 0.6 is 0 Å². The fourth-order valence-electron chi connectivity index (χ4n) is 1.17. The molecule has 116 valence electrons. The first-order valence-corrected chi connectivity index (χ1v) is 8.05. The van der Waals surface area contributed by atoms with E-state index in [1.54, 1.807) is 12.1 Å². The molecular weight excluding hydrogens is 398 g/mol. The SMILES string of the molecule is O.O=S(=O)([O-])c1ccccc1.O=S(=O)([O-])c1ccccc1.[K+].[K+]. The van der Waals surface area contributed by atoms with E-state index in [-0.39, 0.29) is 118 Å². The van der Waals surface area contributed by atoms with Crippen molar-refractivity contribution in [3.63, 3.8) is 0 Å². The van der Waals surface area contributed by atoms with Crippen LogP contribution in [0.1, 0.15) is 0 Å². The number of hydrogen-bond donors (Lipinski definition) is 0. The van der Waals surface area contributed by atoms with Gasteiger partial charge in [0.2, 0.25) is 0 Å². The third-order valence-corrected chi connectivity index (χ3v) is 3.76. The van der Waals surface area contributed by atoms with Gasteiger partial charge in [-0.25, -0.2) is 16.8 Å². The molecule has 0 radical (unpaired) electrons. The van der Waals surface area contributed by atoms with Gasteiger partial charge in [0.15, 0.2) is 0 Å². The topological polar surface area (TPSA) is 146 Å². The zero-order valence-electron chi connectivity index (χ0n) is 12.5. The molecule has 0 heterocycles. The van der Waals surface area contributed by atoms with Crippen molar-refractivity contribution in [1.82, 2.24) is 0 Å². The minimum absolute atomic E-state index is 0. The minimum atomic E-state index is -4.25. The average Bonchev–Trinajstić information content (AvgIpc) is 2.40. The Morgan fingerprint density at radius 2 is 0.783 bits per heavy atom. The number of rotatable bonds is 2. The van der Waals surface area contributed by atoms with Gasteiger partial charge in [-0.3, -0.25) is 0 Å². The van der Waals surface area contributed by atoms with Crippen LogP contribution in [0, 0.1) is 0 Å². The smallest absolute Gasteiger partial charge is 0.744 e. The normalized spacial score (nSPS) is 9.83. The summed E-state index contributed by atoms with van der Waals surface area (Å²) in [6.07, 6.45) is 0. The second kappa shape index (κ2) is 13.7. The van der Waals surface area contributed by atoms with Gasteiger partial charge in [0, 0.05) is 0 Å². The molecule has 0 saturated heterocycles.